The van der Waals surface area contributed by atoms with Crippen LogP contribution in [0.25, 0.3) is 0 Å². The Morgan fingerprint density at radius 2 is 1.97 bits per heavy atom. The van der Waals surface area contributed by atoms with Gasteiger partial charge in [-0.3, -0.25) is 4.90 Å². The normalized spacial score (nSPS) is 27.1. The van der Waals surface area contributed by atoms with Gasteiger partial charge in [0.1, 0.15) is 11.6 Å². The molecule has 0 bridgehead atoms. The van der Waals surface area contributed by atoms with Crippen LogP contribution in [0.2, 0.25) is 0 Å². The topological polar surface area (TPSA) is 58.3 Å². The Kier molecular flexibility index (Phi) is 4.19. The number of nitrogens with zero attached hydrogens (tertiary/aromatic N) is 5. The summed E-state index contributed by atoms with van der Waals surface area (Å²) < 4.78 is 5.51. The fourth-order valence-electron chi connectivity index (χ4n) is 5.83. The fourth-order valence-corrected chi connectivity index (χ4v) is 5.83. The molecule has 1 spiro atoms. The molecular formula is C23H31N5O. The van der Waals surface area contributed by atoms with Gasteiger partial charge in [-0.25, -0.2) is 9.97 Å². The molecule has 0 aromatic carbocycles. The van der Waals surface area contributed by atoms with E-state index >= 15 is 0 Å². The molecule has 6 heteroatoms. The number of anilines is 1. The predicted octanol–water partition coefficient (Wildman–Crippen LogP) is 3.73. The first kappa shape index (κ1) is 17.9. The molecule has 3 fully saturated rings. The first-order valence-corrected chi connectivity index (χ1v) is 11.5. The summed E-state index contributed by atoms with van der Waals surface area (Å²) in [4.78, 5) is 15.5. The maximum Gasteiger partial charge on any atom is 0.150 e. The number of fused-ring (bicyclic) bond motifs is 2. The SMILES string of the molecule is Cc1cc(CN2CCCC3(CCc4c(N5CCCC5)nc(C5CC5)nc43)C2)on1. The summed E-state index contributed by atoms with van der Waals surface area (Å²) in [6.45, 7) is 7.40. The van der Waals surface area contributed by atoms with Crippen molar-refractivity contribution in [3.05, 3.63) is 34.6 Å². The quantitative estimate of drug-likeness (QED) is 0.789. The maximum absolute atomic E-state index is 5.51. The average molecular weight is 394 g/mol. The molecule has 4 aliphatic rings. The molecule has 6 nitrogen and oxygen atoms in total. The second-order valence-corrected chi connectivity index (χ2v) is 9.73. The molecule has 29 heavy (non-hydrogen) atoms. The predicted molar refractivity (Wildman–Crippen MR) is 111 cm³/mol. The average Bonchev–Trinajstić information content (AvgIpc) is 3.11. The van der Waals surface area contributed by atoms with Crippen molar-refractivity contribution in [1.29, 1.82) is 0 Å². The molecule has 2 saturated heterocycles. The van der Waals surface area contributed by atoms with Crippen LogP contribution in [0.4, 0.5) is 5.82 Å². The Balaban J connectivity index is 1.34. The molecule has 2 aromatic rings. The third-order valence-electron chi connectivity index (χ3n) is 7.42. The van der Waals surface area contributed by atoms with E-state index in [1.165, 1.54) is 62.0 Å². The van der Waals surface area contributed by atoms with Crippen LogP contribution >= 0.6 is 0 Å². The van der Waals surface area contributed by atoms with E-state index in [1.54, 1.807) is 0 Å². The van der Waals surface area contributed by atoms with Gasteiger partial charge in [0.05, 0.1) is 17.9 Å². The van der Waals surface area contributed by atoms with Crippen LogP contribution in [0.1, 0.15) is 79.4 Å². The zero-order valence-electron chi connectivity index (χ0n) is 17.5. The molecule has 2 aromatic heterocycles. The molecule has 6 rings (SSSR count). The molecule has 1 saturated carbocycles. The van der Waals surface area contributed by atoms with Crippen molar-refractivity contribution in [2.75, 3.05) is 31.1 Å². The van der Waals surface area contributed by atoms with Crippen molar-refractivity contribution in [2.45, 2.75) is 76.2 Å². The lowest BCUT2D eigenvalue weighted by atomic mass is 9.77. The molecule has 0 N–H and O–H groups in total. The summed E-state index contributed by atoms with van der Waals surface area (Å²) in [6.07, 6.45) is 9.98. The van der Waals surface area contributed by atoms with Crippen molar-refractivity contribution in [3.63, 3.8) is 0 Å². The molecule has 2 aliphatic carbocycles. The van der Waals surface area contributed by atoms with Gasteiger partial charge in [-0.15, -0.1) is 0 Å². The van der Waals surface area contributed by atoms with Gasteiger partial charge < -0.3 is 9.42 Å². The van der Waals surface area contributed by atoms with E-state index in [1.807, 2.05) is 6.92 Å². The summed E-state index contributed by atoms with van der Waals surface area (Å²) in [5, 5.41) is 4.07. The highest BCUT2D eigenvalue weighted by Gasteiger charge is 2.46. The van der Waals surface area contributed by atoms with Gasteiger partial charge in [0.2, 0.25) is 0 Å². The van der Waals surface area contributed by atoms with E-state index in [2.05, 4.69) is 21.0 Å². The van der Waals surface area contributed by atoms with Crippen LogP contribution < -0.4 is 4.90 Å². The van der Waals surface area contributed by atoms with E-state index in [4.69, 9.17) is 14.5 Å². The van der Waals surface area contributed by atoms with Gasteiger partial charge in [0.25, 0.3) is 0 Å². The maximum atomic E-state index is 5.51. The summed E-state index contributed by atoms with van der Waals surface area (Å²) in [7, 11) is 0. The van der Waals surface area contributed by atoms with Crippen molar-refractivity contribution >= 4 is 5.82 Å². The van der Waals surface area contributed by atoms with E-state index < -0.39 is 0 Å². The van der Waals surface area contributed by atoms with E-state index in [0.717, 1.165) is 56.4 Å². The largest absolute Gasteiger partial charge is 0.360 e. The molecule has 0 radical (unpaired) electrons. The van der Waals surface area contributed by atoms with E-state index in [9.17, 15) is 0 Å². The van der Waals surface area contributed by atoms with Crippen LogP contribution in [0.15, 0.2) is 10.6 Å². The number of aryl methyl sites for hydroxylation is 1. The smallest absolute Gasteiger partial charge is 0.150 e. The molecule has 2 aliphatic heterocycles. The Bertz CT molecular complexity index is 914. The third-order valence-corrected chi connectivity index (χ3v) is 7.42. The molecule has 4 heterocycles. The standard InChI is InChI=1S/C23H31N5O/c1-16-13-18(29-26-16)14-27-10-4-8-23(15-27)9-7-19-20(23)24-21(17-5-6-17)25-22(19)28-11-2-3-12-28/h13,17H,2-12,14-15H2,1H3. The number of aromatic nitrogens is 3. The van der Waals surface area contributed by atoms with E-state index in [-0.39, 0.29) is 5.41 Å². The van der Waals surface area contributed by atoms with Gasteiger partial charge in [-0.2, -0.15) is 0 Å². The number of piperidine rings is 1. The number of likely N-dealkylation sites (tertiary alicyclic amines) is 1. The molecule has 1 atom stereocenters. The summed E-state index contributed by atoms with van der Waals surface area (Å²) in [6, 6.07) is 2.07. The fraction of sp³-hybridized carbons (Fsp3) is 0.696. The third kappa shape index (κ3) is 3.16. The van der Waals surface area contributed by atoms with Crippen LogP contribution in [-0.4, -0.2) is 46.2 Å². The van der Waals surface area contributed by atoms with Crippen LogP contribution in [0.5, 0.6) is 0 Å². The molecule has 154 valence electrons. The first-order valence-electron chi connectivity index (χ1n) is 11.5. The van der Waals surface area contributed by atoms with Gasteiger partial charge >= 0.3 is 0 Å². The second-order valence-electron chi connectivity index (χ2n) is 9.73. The second kappa shape index (κ2) is 6.79. The van der Waals surface area contributed by atoms with Gasteiger partial charge in [-0.05, 0) is 64.8 Å². The van der Waals surface area contributed by atoms with Crippen molar-refractivity contribution < 1.29 is 4.52 Å². The van der Waals surface area contributed by atoms with Gasteiger partial charge in [0.15, 0.2) is 5.76 Å². The summed E-state index contributed by atoms with van der Waals surface area (Å²) in [5.41, 5.74) is 4.03. The Morgan fingerprint density at radius 3 is 2.72 bits per heavy atom. The van der Waals surface area contributed by atoms with E-state index in [0.29, 0.717) is 5.92 Å². The first-order chi connectivity index (χ1) is 14.2. The minimum atomic E-state index is 0.198. The highest BCUT2D eigenvalue weighted by molar-refractivity contribution is 5.55. The zero-order valence-corrected chi connectivity index (χ0v) is 17.5. The lowest BCUT2D eigenvalue weighted by molar-refractivity contribution is 0.125. The van der Waals surface area contributed by atoms with Crippen LogP contribution in [0, 0.1) is 6.92 Å². The monoisotopic (exact) mass is 393 g/mol. The van der Waals surface area contributed by atoms with Crippen molar-refractivity contribution in [3.8, 4) is 0 Å². The van der Waals surface area contributed by atoms with Crippen molar-refractivity contribution in [1.82, 2.24) is 20.0 Å². The summed E-state index contributed by atoms with van der Waals surface area (Å²) in [5.74, 6) is 4.01. The van der Waals surface area contributed by atoms with Gasteiger partial charge in [-0.1, -0.05) is 5.16 Å². The zero-order chi connectivity index (χ0) is 19.4. The van der Waals surface area contributed by atoms with Crippen LogP contribution in [-0.2, 0) is 18.4 Å². The molecular weight excluding hydrogens is 362 g/mol. The Morgan fingerprint density at radius 1 is 1.10 bits per heavy atom. The van der Waals surface area contributed by atoms with Crippen LogP contribution in [0.3, 0.4) is 0 Å². The molecule has 0 amide bonds. The minimum absolute atomic E-state index is 0.198. The van der Waals surface area contributed by atoms with Gasteiger partial charge in [0, 0.05) is 42.6 Å². The number of hydrogen-bond donors (Lipinski definition) is 0. The Labute approximate surface area is 172 Å². The highest BCUT2D eigenvalue weighted by Crippen LogP contribution is 2.49. The number of hydrogen-bond acceptors (Lipinski definition) is 6. The lowest BCUT2D eigenvalue weighted by Crippen LogP contribution is -2.45. The lowest BCUT2D eigenvalue weighted by Gasteiger charge is -2.40. The highest BCUT2D eigenvalue weighted by atomic mass is 16.5. The number of rotatable bonds is 4. The van der Waals surface area contributed by atoms with Crippen molar-refractivity contribution in [2.24, 2.45) is 0 Å². The summed E-state index contributed by atoms with van der Waals surface area (Å²) >= 11 is 0. The molecule has 1 unspecified atom stereocenters. The Hall–Kier alpha value is -1.95. The minimum Gasteiger partial charge on any atom is -0.360 e.